The van der Waals surface area contributed by atoms with Gasteiger partial charge in [-0.05, 0) is 49.6 Å². The molecule has 0 aliphatic carbocycles. The Morgan fingerprint density at radius 3 is 2.57 bits per heavy atom. The molecule has 3 heterocycles. The van der Waals surface area contributed by atoms with E-state index in [-0.39, 0.29) is 24.7 Å². The van der Waals surface area contributed by atoms with Crippen LogP contribution in [0.25, 0.3) is 0 Å². The third kappa shape index (κ3) is 5.22. The van der Waals surface area contributed by atoms with Gasteiger partial charge in [-0.2, -0.15) is 0 Å². The zero-order valence-electron chi connectivity index (χ0n) is 20.3. The Labute approximate surface area is 204 Å². The maximum absolute atomic E-state index is 13.1. The number of fused-ring (bicyclic) bond motifs is 1. The van der Waals surface area contributed by atoms with Crippen molar-refractivity contribution in [3.05, 3.63) is 82.6 Å². The highest BCUT2D eigenvalue weighted by Crippen LogP contribution is 2.26. The highest BCUT2D eigenvalue weighted by atomic mass is 16.5. The molecule has 0 saturated carbocycles. The summed E-state index contributed by atoms with van der Waals surface area (Å²) >= 11 is 0. The number of aryl methyl sites for hydroxylation is 1. The van der Waals surface area contributed by atoms with Gasteiger partial charge in [-0.25, -0.2) is 4.79 Å². The van der Waals surface area contributed by atoms with Gasteiger partial charge in [0.05, 0.1) is 6.26 Å². The fourth-order valence-electron chi connectivity index (χ4n) is 4.59. The van der Waals surface area contributed by atoms with E-state index < -0.39 is 17.9 Å². The lowest BCUT2D eigenvalue weighted by Gasteiger charge is -2.34. The number of hydrogen-bond acceptors (Lipinski definition) is 6. The van der Waals surface area contributed by atoms with Gasteiger partial charge >= 0.3 is 5.97 Å². The van der Waals surface area contributed by atoms with Crippen molar-refractivity contribution in [2.24, 2.45) is 0 Å². The summed E-state index contributed by atoms with van der Waals surface area (Å²) in [5.41, 5.74) is 4.27. The van der Waals surface area contributed by atoms with E-state index >= 15 is 0 Å². The number of benzene rings is 1. The molecule has 0 spiro atoms. The predicted molar refractivity (Wildman–Crippen MR) is 128 cm³/mol. The van der Waals surface area contributed by atoms with Crippen LogP contribution in [0, 0.1) is 13.8 Å². The molecule has 0 bridgehead atoms. The number of rotatable bonds is 9. The monoisotopic (exact) mass is 478 g/mol. The average Bonchev–Trinajstić information content (AvgIpc) is 3.50. The number of amides is 1. The quantitative estimate of drug-likeness (QED) is 0.264. The van der Waals surface area contributed by atoms with Crippen molar-refractivity contribution in [1.82, 2.24) is 9.47 Å². The molecular formula is C27H30N2O6. The van der Waals surface area contributed by atoms with E-state index in [0.29, 0.717) is 18.6 Å². The van der Waals surface area contributed by atoms with Gasteiger partial charge in [-0.1, -0.05) is 24.3 Å². The minimum atomic E-state index is -0.850. The summed E-state index contributed by atoms with van der Waals surface area (Å²) in [4.78, 5) is 40.6. The molecule has 1 aliphatic rings. The standard InChI is InChI=1S/C27H30N2O6/c1-18-14-22(19(2)28(18)11-7-12-33-3)24(30)17-35-27(32)23-15-20-8-4-5-9-21(20)16-29(23)26(31)25-10-6-13-34-25/h4-6,8-10,13-14,23H,7,11-12,15-17H2,1-3H3. The van der Waals surface area contributed by atoms with Crippen LogP contribution in [0.15, 0.2) is 53.1 Å². The molecule has 2 aromatic heterocycles. The minimum absolute atomic E-state index is 0.152. The number of esters is 1. The van der Waals surface area contributed by atoms with Crippen LogP contribution in [-0.2, 0) is 33.8 Å². The molecule has 1 amide bonds. The number of carbonyl (C=O) groups excluding carboxylic acids is 3. The molecule has 8 heteroatoms. The zero-order valence-corrected chi connectivity index (χ0v) is 20.3. The smallest absolute Gasteiger partial charge is 0.329 e. The van der Waals surface area contributed by atoms with Gasteiger partial charge in [0.15, 0.2) is 12.4 Å². The average molecular weight is 479 g/mol. The molecule has 184 valence electrons. The number of aromatic nitrogens is 1. The van der Waals surface area contributed by atoms with Gasteiger partial charge < -0.3 is 23.4 Å². The van der Waals surface area contributed by atoms with Crippen LogP contribution in [0.3, 0.4) is 0 Å². The first kappa shape index (κ1) is 24.5. The van der Waals surface area contributed by atoms with Crippen molar-refractivity contribution in [1.29, 1.82) is 0 Å². The van der Waals surface area contributed by atoms with Gasteiger partial charge in [0.25, 0.3) is 5.91 Å². The molecule has 0 N–H and O–H groups in total. The van der Waals surface area contributed by atoms with Crippen molar-refractivity contribution in [2.75, 3.05) is 20.3 Å². The second-order valence-electron chi connectivity index (χ2n) is 8.71. The summed E-state index contributed by atoms with van der Waals surface area (Å²) in [6, 6.07) is 11.8. The number of methoxy groups -OCH3 is 1. The first-order chi connectivity index (χ1) is 16.9. The Hall–Kier alpha value is -3.65. The Bertz CT molecular complexity index is 1210. The summed E-state index contributed by atoms with van der Waals surface area (Å²) in [5, 5.41) is 0. The number of hydrogen-bond donors (Lipinski definition) is 0. The fourth-order valence-corrected chi connectivity index (χ4v) is 4.59. The Kier molecular flexibility index (Phi) is 7.51. The lowest BCUT2D eigenvalue weighted by atomic mass is 9.93. The number of furan rings is 1. The van der Waals surface area contributed by atoms with E-state index in [4.69, 9.17) is 13.9 Å². The van der Waals surface area contributed by atoms with Crippen LogP contribution in [0.5, 0.6) is 0 Å². The van der Waals surface area contributed by atoms with Crippen LogP contribution in [0.1, 0.15) is 49.8 Å². The third-order valence-electron chi connectivity index (χ3n) is 6.46. The van der Waals surface area contributed by atoms with Crippen LogP contribution in [0.2, 0.25) is 0 Å². The highest BCUT2D eigenvalue weighted by molar-refractivity contribution is 6.00. The van der Waals surface area contributed by atoms with Gasteiger partial charge in [0.2, 0.25) is 5.78 Å². The topological polar surface area (TPSA) is 91.0 Å². The van der Waals surface area contributed by atoms with Crippen molar-refractivity contribution >= 4 is 17.7 Å². The maximum atomic E-state index is 13.1. The SMILES string of the molecule is COCCCn1c(C)cc(C(=O)COC(=O)C2Cc3ccccc3CN2C(=O)c2ccco2)c1C. The molecule has 4 rings (SSSR count). The molecule has 0 saturated heterocycles. The molecular weight excluding hydrogens is 448 g/mol. The first-order valence-electron chi connectivity index (χ1n) is 11.7. The number of ether oxygens (including phenoxy) is 2. The Morgan fingerprint density at radius 1 is 1.09 bits per heavy atom. The first-order valence-corrected chi connectivity index (χ1v) is 11.7. The molecule has 0 fully saturated rings. The van der Waals surface area contributed by atoms with Crippen LogP contribution < -0.4 is 0 Å². The second kappa shape index (κ2) is 10.7. The van der Waals surface area contributed by atoms with Crippen molar-refractivity contribution in [3.63, 3.8) is 0 Å². The maximum Gasteiger partial charge on any atom is 0.329 e. The summed E-state index contributed by atoms with van der Waals surface area (Å²) in [5.74, 6) is -1.12. The van der Waals surface area contributed by atoms with E-state index in [1.54, 1.807) is 19.2 Å². The van der Waals surface area contributed by atoms with Gasteiger partial charge in [0.1, 0.15) is 6.04 Å². The van der Waals surface area contributed by atoms with Crippen molar-refractivity contribution in [3.8, 4) is 0 Å². The van der Waals surface area contributed by atoms with Crippen LogP contribution in [-0.4, -0.2) is 53.5 Å². The zero-order chi connectivity index (χ0) is 24.9. The lowest BCUT2D eigenvalue weighted by molar-refractivity contribution is -0.148. The normalized spacial score (nSPS) is 15.1. The minimum Gasteiger partial charge on any atom is -0.459 e. The molecule has 35 heavy (non-hydrogen) atoms. The molecule has 1 atom stereocenters. The fraction of sp³-hybridized carbons (Fsp3) is 0.370. The second-order valence-corrected chi connectivity index (χ2v) is 8.71. The molecule has 1 aliphatic heterocycles. The third-order valence-corrected chi connectivity index (χ3v) is 6.46. The number of ketones is 1. The number of Topliss-reactive ketones (excluding diaryl/α,β-unsaturated/α-hetero) is 1. The summed E-state index contributed by atoms with van der Waals surface area (Å²) in [6.07, 6.45) is 2.56. The van der Waals surface area contributed by atoms with Gasteiger partial charge in [-0.3, -0.25) is 9.59 Å². The van der Waals surface area contributed by atoms with Crippen LogP contribution in [0.4, 0.5) is 0 Å². The predicted octanol–water partition coefficient (Wildman–Crippen LogP) is 3.73. The Balaban J connectivity index is 1.47. The van der Waals surface area contributed by atoms with E-state index in [1.807, 2.05) is 44.2 Å². The number of carbonyl (C=O) groups is 3. The van der Waals surface area contributed by atoms with Crippen LogP contribution >= 0.6 is 0 Å². The molecule has 1 unspecified atom stereocenters. The molecule has 0 radical (unpaired) electrons. The van der Waals surface area contributed by atoms with Gasteiger partial charge in [-0.15, -0.1) is 0 Å². The van der Waals surface area contributed by atoms with E-state index in [2.05, 4.69) is 4.57 Å². The highest BCUT2D eigenvalue weighted by Gasteiger charge is 2.37. The van der Waals surface area contributed by atoms with Gasteiger partial charge in [0, 0.05) is 50.2 Å². The molecule has 3 aromatic rings. The molecule has 8 nitrogen and oxygen atoms in total. The molecule has 1 aromatic carbocycles. The van der Waals surface area contributed by atoms with E-state index in [1.165, 1.54) is 11.2 Å². The summed E-state index contributed by atoms with van der Waals surface area (Å²) in [7, 11) is 1.66. The van der Waals surface area contributed by atoms with E-state index in [9.17, 15) is 14.4 Å². The van der Waals surface area contributed by atoms with Crippen molar-refractivity contribution < 1.29 is 28.3 Å². The summed E-state index contributed by atoms with van der Waals surface area (Å²) < 4.78 is 17.9. The lowest BCUT2D eigenvalue weighted by Crippen LogP contribution is -2.49. The van der Waals surface area contributed by atoms with E-state index in [0.717, 1.165) is 35.5 Å². The largest absolute Gasteiger partial charge is 0.459 e. The summed E-state index contributed by atoms with van der Waals surface area (Å²) in [6.45, 7) is 5.07. The Morgan fingerprint density at radius 2 is 1.86 bits per heavy atom. The van der Waals surface area contributed by atoms with Crippen molar-refractivity contribution in [2.45, 2.75) is 45.8 Å². The number of nitrogens with zero attached hydrogens (tertiary/aromatic N) is 2.